The van der Waals surface area contributed by atoms with E-state index in [-0.39, 0.29) is 17.3 Å². The van der Waals surface area contributed by atoms with Gasteiger partial charge in [-0.15, -0.1) is 11.3 Å². The summed E-state index contributed by atoms with van der Waals surface area (Å²) in [7, 11) is 3.94. The third-order valence-corrected chi connectivity index (χ3v) is 4.57. The van der Waals surface area contributed by atoms with Crippen molar-refractivity contribution < 1.29 is 9.18 Å². The molecule has 0 atom stereocenters. The Bertz CT molecular complexity index is 913. The molecular formula is C18H21FN4OS. The summed E-state index contributed by atoms with van der Waals surface area (Å²) in [5, 5.41) is 4.85. The maximum absolute atomic E-state index is 13.4. The normalized spacial score (nSPS) is 12.1. The quantitative estimate of drug-likeness (QED) is 0.760. The van der Waals surface area contributed by atoms with Gasteiger partial charge in [-0.05, 0) is 40.1 Å². The van der Waals surface area contributed by atoms with Crippen LogP contribution < -0.4 is 5.32 Å². The molecule has 1 amide bonds. The molecular weight excluding hydrogens is 339 g/mol. The zero-order valence-electron chi connectivity index (χ0n) is 14.7. The lowest BCUT2D eigenvalue weighted by Crippen LogP contribution is -2.50. The number of amides is 1. The Balaban J connectivity index is 1.89. The number of imidazole rings is 1. The number of rotatable bonds is 5. The van der Waals surface area contributed by atoms with E-state index in [2.05, 4.69) is 10.3 Å². The van der Waals surface area contributed by atoms with E-state index in [0.29, 0.717) is 21.9 Å². The molecule has 2 heterocycles. The minimum Gasteiger partial charge on any atom is -0.345 e. The van der Waals surface area contributed by atoms with Crippen LogP contribution in [0.15, 0.2) is 35.8 Å². The number of nitrogens with one attached hydrogen (secondary N) is 1. The summed E-state index contributed by atoms with van der Waals surface area (Å²) in [6, 6.07) is 6.28. The predicted octanol–water partition coefficient (Wildman–Crippen LogP) is 3.27. The molecule has 3 rings (SSSR count). The second-order valence-corrected chi connectivity index (χ2v) is 7.82. The van der Waals surface area contributed by atoms with Crippen LogP contribution in [0, 0.1) is 5.82 Å². The summed E-state index contributed by atoms with van der Waals surface area (Å²) in [6.45, 7) is 4.70. The molecule has 0 aliphatic heterocycles. The second kappa shape index (κ2) is 6.57. The highest BCUT2D eigenvalue weighted by Crippen LogP contribution is 2.24. The van der Waals surface area contributed by atoms with E-state index in [9.17, 15) is 9.18 Å². The zero-order chi connectivity index (χ0) is 18.2. The highest BCUT2D eigenvalue weighted by atomic mass is 32.1. The summed E-state index contributed by atoms with van der Waals surface area (Å²) >= 11 is 1.39. The summed E-state index contributed by atoms with van der Waals surface area (Å²) in [6.07, 6.45) is 1.77. The van der Waals surface area contributed by atoms with Gasteiger partial charge >= 0.3 is 0 Å². The van der Waals surface area contributed by atoms with Gasteiger partial charge in [0.2, 0.25) is 0 Å². The van der Waals surface area contributed by atoms with Gasteiger partial charge in [0, 0.05) is 29.2 Å². The first-order valence-electron chi connectivity index (χ1n) is 7.95. The smallest absolute Gasteiger partial charge is 0.269 e. The number of benzene rings is 1. The van der Waals surface area contributed by atoms with Gasteiger partial charge in [0.15, 0.2) is 4.96 Å². The zero-order valence-corrected chi connectivity index (χ0v) is 15.5. The first-order chi connectivity index (χ1) is 11.7. The Hall–Kier alpha value is -2.25. The van der Waals surface area contributed by atoms with Crippen molar-refractivity contribution in [1.29, 1.82) is 0 Å². The van der Waals surface area contributed by atoms with E-state index >= 15 is 0 Å². The largest absolute Gasteiger partial charge is 0.345 e. The van der Waals surface area contributed by atoms with Crippen molar-refractivity contribution in [2.24, 2.45) is 0 Å². The number of likely N-dealkylation sites (N-methyl/N-ethyl adjacent to an activating group) is 1. The van der Waals surface area contributed by atoms with Crippen LogP contribution in [-0.2, 0) is 0 Å². The average molecular weight is 360 g/mol. The van der Waals surface area contributed by atoms with Gasteiger partial charge in [0.25, 0.3) is 5.91 Å². The van der Waals surface area contributed by atoms with Crippen LogP contribution in [0.4, 0.5) is 4.39 Å². The number of fused-ring (bicyclic) bond motifs is 1. The van der Waals surface area contributed by atoms with Gasteiger partial charge in [-0.3, -0.25) is 9.20 Å². The van der Waals surface area contributed by atoms with Gasteiger partial charge in [-0.1, -0.05) is 12.1 Å². The first-order valence-corrected chi connectivity index (χ1v) is 8.83. The van der Waals surface area contributed by atoms with Crippen molar-refractivity contribution in [3.8, 4) is 11.3 Å². The van der Waals surface area contributed by atoms with Crippen LogP contribution in [0.2, 0.25) is 0 Å². The molecule has 0 unspecified atom stereocenters. The molecule has 0 aliphatic rings. The summed E-state index contributed by atoms with van der Waals surface area (Å²) in [4.78, 5) is 19.9. The molecule has 25 heavy (non-hydrogen) atoms. The highest BCUT2D eigenvalue weighted by Gasteiger charge is 2.24. The monoisotopic (exact) mass is 360 g/mol. The Morgan fingerprint density at radius 3 is 2.84 bits per heavy atom. The molecule has 0 saturated heterocycles. The molecule has 1 aromatic carbocycles. The Labute approximate surface area is 150 Å². The Morgan fingerprint density at radius 2 is 2.16 bits per heavy atom. The molecule has 0 fully saturated rings. The molecule has 0 saturated carbocycles. The molecule has 0 aliphatic carbocycles. The molecule has 0 bridgehead atoms. The standard InChI is InChI=1S/C18H21FN4OS/c1-18(2,11-22(3)4)21-16(24)15-10-25-17-20-14(9-23(15)17)12-6-5-7-13(19)8-12/h5-10H,11H2,1-4H3,(H,21,24). The van der Waals surface area contributed by atoms with Crippen molar-refractivity contribution in [3.63, 3.8) is 0 Å². The van der Waals surface area contributed by atoms with Crippen molar-refractivity contribution in [1.82, 2.24) is 19.6 Å². The molecule has 3 aromatic rings. The SMILES string of the molecule is CN(C)CC(C)(C)NC(=O)c1csc2nc(-c3cccc(F)c3)cn12. The third-order valence-electron chi connectivity index (χ3n) is 3.73. The third kappa shape index (κ3) is 3.88. The molecule has 132 valence electrons. The van der Waals surface area contributed by atoms with Gasteiger partial charge in [0.05, 0.1) is 5.69 Å². The summed E-state index contributed by atoms with van der Waals surface area (Å²) in [5.74, 6) is -0.460. The van der Waals surface area contributed by atoms with Gasteiger partial charge in [0.1, 0.15) is 11.5 Å². The number of aromatic nitrogens is 2. The number of nitrogens with zero attached hydrogens (tertiary/aromatic N) is 3. The fourth-order valence-electron chi connectivity index (χ4n) is 2.94. The fraction of sp³-hybridized carbons (Fsp3) is 0.333. The molecule has 2 aromatic heterocycles. The average Bonchev–Trinajstić information content (AvgIpc) is 3.04. The van der Waals surface area contributed by atoms with E-state index in [4.69, 9.17) is 0 Å². The molecule has 0 spiro atoms. The Morgan fingerprint density at radius 1 is 1.40 bits per heavy atom. The van der Waals surface area contributed by atoms with E-state index in [1.54, 1.807) is 28.1 Å². The highest BCUT2D eigenvalue weighted by molar-refractivity contribution is 7.15. The summed E-state index contributed by atoms with van der Waals surface area (Å²) in [5.41, 5.74) is 1.51. The minimum atomic E-state index is -0.360. The molecule has 1 N–H and O–H groups in total. The number of hydrogen-bond donors (Lipinski definition) is 1. The molecule has 7 heteroatoms. The lowest BCUT2D eigenvalue weighted by molar-refractivity contribution is 0.0894. The van der Waals surface area contributed by atoms with E-state index in [0.717, 1.165) is 6.54 Å². The number of hydrogen-bond acceptors (Lipinski definition) is 4. The molecule has 0 radical (unpaired) electrons. The number of halogens is 1. The van der Waals surface area contributed by atoms with Crippen LogP contribution in [0.3, 0.4) is 0 Å². The number of thiazole rings is 1. The maximum Gasteiger partial charge on any atom is 0.269 e. The van der Waals surface area contributed by atoms with Gasteiger partial charge in [-0.2, -0.15) is 0 Å². The van der Waals surface area contributed by atoms with Crippen LogP contribution >= 0.6 is 11.3 Å². The topological polar surface area (TPSA) is 49.6 Å². The second-order valence-electron chi connectivity index (χ2n) is 6.99. The number of carbonyl (C=O) groups is 1. The lowest BCUT2D eigenvalue weighted by atomic mass is 10.1. The van der Waals surface area contributed by atoms with Crippen LogP contribution in [0.1, 0.15) is 24.3 Å². The predicted molar refractivity (Wildman–Crippen MR) is 98.6 cm³/mol. The van der Waals surface area contributed by atoms with Gasteiger partial charge in [-0.25, -0.2) is 9.37 Å². The lowest BCUT2D eigenvalue weighted by Gasteiger charge is -2.29. The summed E-state index contributed by atoms with van der Waals surface area (Å²) < 4.78 is 15.2. The van der Waals surface area contributed by atoms with Crippen molar-refractivity contribution >= 4 is 22.2 Å². The van der Waals surface area contributed by atoms with E-state index in [1.807, 2.05) is 32.8 Å². The number of carbonyl (C=O) groups excluding carboxylic acids is 1. The van der Waals surface area contributed by atoms with Crippen molar-refractivity contribution in [2.75, 3.05) is 20.6 Å². The minimum absolute atomic E-state index is 0.152. The van der Waals surface area contributed by atoms with Crippen molar-refractivity contribution in [3.05, 3.63) is 47.4 Å². The van der Waals surface area contributed by atoms with E-state index < -0.39 is 0 Å². The van der Waals surface area contributed by atoms with Crippen LogP contribution in [0.5, 0.6) is 0 Å². The van der Waals surface area contributed by atoms with Crippen molar-refractivity contribution in [2.45, 2.75) is 19.4 Å². The first kappa shape index (κ1) is 17.6. The molecule has 5 nitrogen and oxygen atoms in total. The fourth-order valence-corrected chi connectivity index (χ4v) is 3.79. The maximum atomic E-state index is 13.4. The van der Waals surface area contributed by atoms with E-state index in [1.165, 1.54) is 23.5 Å². The Kier molecular flexibility index (Phi) is 4.62. The van der Waals surface area contributed by atoms with Crippen LogP contribution in [-0.4, -0.2) is 46.4 Å². The van der Waals surface area contributed by atoms with Crippen LogP contribution in [0.25, 0.3) is 16.2 Å². The van der Waals surface area contributed by atoms with Gasteiger partial charge < -0.3 is 10.2 Å².